The number of pyridine rings is 1. The van der Waals surface area contributed by atoms with Gasteiger partial charge in [-0.15, -0.1) is 0 Å². The number of amides is 1. The lowest BCUT2D eigenvalue weighted by Gasteiger charge is -2.11. The van der Waals surface area contributed by atoms with Crippen LogP contribution in [-0.4, -0.2) is 38.7 Å². The molecule has 0 aliphatic heterocycles. The molecular weight excluding hydrogens is 411 g/mol. The normalized spacial score (nSPS) is 11.2. The highest BCUT2D eigenvalue weighted by atomic mass is 35.5. The van der Waals surface area contributed by atoms with Gasteiger partial charge >= 0.3 is 17.8 Å². The van der Waals surface area contributed by atoms with Crippen molar-refractivity contribution in [3.05, 3.63) is 39.2 Å². The minimum atomic E-state index is -4.70. The molecule has 0 atom stereocenters. The monoisotopic (exact) mass is 421 g/mol. The van der Waals surface area contributed by atoms with E-state index >= 15 is 0 Å². The Kier molecular flexibility index (Phi) is 6.18. The van der Waals surface area contributed by atoms with Gasteiger partial charge in [-0.2, -0.15) is 23.0 Å². The number of aromatic nitrogens is 3. The van der Waals surface area contributed by atoms with E-state index in [9.17, 15) is 32.9 Å². The Morgan fingerprint density at radius 1 is 1.36 bits per heavy atom. The fraction of sp³-hybridized carbons (Fsp3) is 0.286. The van der Waals surface area contributed by atoms with Gasteiger partial charge < -0.3 is 10.1 Å². The Balaban J connectivity index is 2.40. The lowest BCUT2D eigenvalue weighted by atomic mass is 10.2. The van der Waals surface area contributed by atoms with Crippen LogP contribution in [0.1, 0.15) is 18.4 Å². The molecule has 1 N–H and O–H groups in total. The zero-order valence-electron chi connectivity index (χ0n) is 14.0. The molecule has 1 amide bonds. The number of nitrogens with one attached hydrogen (secondary N) is 1. The third-order valence-electron chi connectivity index (χ3n) is 3.34. The number of esters is 1. The van der Waals surface area contributed by atoms with E-state index in [1.165, 1.54) is 0 Å². The summed E-state index contributed by atoms with van der Waals surface area (Å²) >= 11 is 5.82. The quantitative estimate of drug-likeness (QED) is 0.431. The number of carbonyl (C=O) groups is 2. The van der Waals surface area contributed by atoms with Crippen LogP contribution < -0.4 is 5.32 Å². The maximum Gasteiger partial charge on any atom is 0.417 e. The van der Waals surface area contributed by atoms with Crippen LogP contribution in [0.5, 0.6) is 0 Å². The Morgan fingerprint density at radius 2 is 2.04 bits per heavy atom. The van der Waals surface area contributed by atoms with E-state index in [-0.39, 0.29) is 18.7 Å². The van der Waals surface area contributed by atoms with Gasteiger partial charge in [-0.3, -0.25) is 19.7 Å². The van der Waals surface area contributed by atoms with Crippen LogP contribution in [0.4, 0.5) is 24.7 Å². The van der Waals surface area contributed by atoms with Gasteiger partial charge in [0.15, 0.2) is 5.82 Å². The van der Waals surface area contributed by atoms with Gasteiger partial charge in [-0.05, 0) is 6.07 Å². The first-order valence-electron chi connectivity index (χ1n) is 7.36. The third-order valence-corrected chi connectivity index (χ3v) is 3.62. The van der Waals surface area contributed by atoms with Gasteiger partial charge in [-0.25, -0.2) is 4.98 Å². The maximum atomic E-state index is 12.7. The van der Waals surface area contributed by atoms with Gasteiger partial charge in [0, 0.05) is 12.6 Å². The first kappa shape index (κ1) is 21.1. The van der Waals surface area contributed by atoms with Crippen LogP contribution in [0.15, 0.2) is 18.5 Å². The van der Waals surface area contributed by atoms with E-state index in [1.807, 2.05) is 0 Å². The van der Waals surface area contributed by atoms with Crippen molar-refractivity contribution in [3.63, 3.8) is 0 Å². The van der Waals surface area contributed by atoms with Gasteiger partial charge in [0.05, 0.1) is 29.0 Å². The second-order valence-corrected chi connectivity index (χ2v) is 5.61. The molecule has 2 rings (SSSR count). The molecule has 0 aliphatic rings. The van der Waals surface area contributed by atoms with Crippen molar-refractivity contribution in [3.8, 4) is 5.82 Å². The standard InChI is InChI=1S/C14H11ClF3N5O5/c1-28-11(25)3-2-10(24)21-13-9(23(26)27)6-20-22(13)12-8(15)4-7(5-19-12)14(16,17)18/h4-6H,2-3H2,1H3,(H,21,24). The number of methoxy groups -OCH3 is 1. The zero-order valence-corrected chi connectivity index (χ0v) is 14.7. The van der Waals surface area contributed by atoms with Crippen LogP contribution in [0.25, 0.3) is 5.82 Å². The van der Waals surface area contributed by atoms with Crippen LogP contribution in [0, 0.1) is 10.1 Å². The average molecular weight is 422 g/mol. The van der Waals surface area contributed by atoms with E-state index in [0.717, 1.165) is 18.0 Å². The molecule has 150 valence electrons. The number of alkyl halides is 3. The summed E-state index contributed by atoms with van der Waals surface area (Å²) in [7, 11) is 1.12. The Hall–Kier alpha value is -3.22. The SMILES string of the molecule is COC(=O)CCC(=O)Nc1c([N+](=O)[O-])cnn1-c1ncc(C(F)(F)F)cc1Cl. The van der Waals surface area contributed by atoms with Crippen LogP contribution in [0.3, 0.4) is 0 Å². The van der Waals surface area contributed by atoms with Crippen molar-refractivity contribution >= 4 is 35.0 Å². The van der Waals surface area contributed by atoms with Gasteiger partial charge in [0.2, 0.25) is 11.7 Å². The fourth-order valence-corrected chi connectivity index (χ4v) is 2.25. The number of nitro groups is 1. The lowest BCUT2D eigenvalue weighted by Crippen LogP contribution is -2.18. The van der Waals surface area contributed by atoms with Crippen LogP contribution in [-0.2, 0) is 20.5 Å². The summed E-state index contributed by atoms with van der Waals surface area (Å²) in [6.07, 6.45) is -4.11. The average Bonchev–Trinajstić information content (AvgIpc) is 3.02. The van der Waals surface area contributed by atoms with E-state index in [2.05, 4.69) is 20.1 Å². The van der Waals surface area contributed by atoms with E-state index in [4.69, 9.17) is 11.6 Å². The number of rotatable bonds is 6. The molecule has 0 aromatic carbocycles. The molecule has 2 aromatic heterocycles. The highest BCUT2D eigenvalue weighted by Gasteiger charge is 2.32. The molecule has 0 saturated carbocycles. The van der Waals surface area contributed by atoms with Crippen molar-refractivity contribution in [1.82, 2.24) is 14.8 Å². The van der Waals surface area contributed by atoms with Crippen molar-refractivity contribution in [2.75, 3.05) is 12.4 Å². The number of anilines is 1. The number of hydrogen-bond acceptors (Lipinski definition) is 7. The molecule has 14 heteroatoms. The topological polar surface area (TPSA) is 129 Å². The smallest absolute Gasteiger partial charge is 0.417 e. The summed E-state index contributed by atoms with van der Waals surface area (Å²) in [5.74, 6) is -2.32. The van der Waals surface area contributed by atoms with Crippen molar-refractivity contribution < 1.29 is 32.4 Å². The molecule has 0 bridgehead atoms. The van der Waals surface area contributed by atoms with E-state index in [0.29, 0.717) is 12.3 Å². The van der Waals surface area contributed by atoms with E-state index in [1.54, 1.807) is 0 Å². The largest absolute Gasteiger partial charge is 0.469 e. The summed E-state index contributed by atoms with van der Waals surface area (Å²) in [4.78, 5) is 36.9. The summed E-state index contributed by atoms with van der Waals surface area (Å²) < 4.78 is 43.3. The number of hydrogen-bond donors (Lipinski definition) is 1. The van der Waals surface area contributed by atoms with Gasteiger partial charge in [0.25, 0.3) is 0 Å². The molecule has 0 radical (unpaired) electrons. The van der Waals surface area contributed by atoms with Crippen molar-refractivity contribution in [2.45, 2.75) is 19.0 Å². The fourth-order valence-electron chi connectivity index (χ4n) is 2.00. The predicted octanol–water partition coefficient (Wildman–Crippen LogP) is 2.74. The molecule has 2 heterocycles. The number of carbonyl (C=O) groups excluding carboxylic acids is 2. The highest BCUT2D eigenvalue weighted by Crippen LogP contribution is 2.34. The van der Waals surface area contributed by atoms with Crippen LogP contribution in [0.2, 0.25) is 5.02 Å². The number of halogens is 4. The molecule has 0 unspecified atom stereocenters. The minimum Gasteiger partial charge on any atom is -0.469 e. The first-order chi connectivity index (χ1) is 13.0. The minimum absolute atomic E-state index is 0.288. The van der Waals surface area contributed by atoms with E-state index < -0.39 is 45.1 Å². The summed E-state index contributed by atoms with van der Waals surface area (Å²) in [5, 5.41) is 16.5. The Bertz CT molecular complexity index is 931. The number of nitrogens with zero attached hydrogens (tertiary/aromatic N) is 4. The molecule has 10 nitrogen and oxygen atoms in total. The van der Waals surface area contributed by atoms with Crippen molar-refractivity contribution in [1.29, 1.82) is 0 Å². The maximum absolute atomic E-state index is 12.7. The van der Waals surface area contributed by atoms with Gasteiger partial charge in [-0.1, -0.05) is 11.6 Å². The molecule has 0 fully saturated rings. The second kappa shape index (κ2) is 8.21. The van der Waals surface area contributed by atoms with Crippen molar-refractivity contribution in [2.24, 2.45) is 0 Å². The highest BCUT2D eigenvalue weighted by molar-refractivity contribution is 6.32. The first-order valence-corrected chi connectivity index (χ1v) is 7.74. The third kappa shape index (κ3) is 4.73. The molecule has 28 heavy (non-hydrogen) atoms. The summed E-state index contributed by atoms with van der Waals surface area (Å²) in [6.45, 7) is 0. The summed E-state index contributed by atoms with van der Waals surface area (Å²) in [6, 6.07) is 0.570. The summed E-state index contributed by atoms with van der Waals surface area (Å²) in [5.41, 5.74) is -1.78. The van der Waals surface area contributed by atoms with Crippen LogP contribution >= 0.6 is 11.6 Å². The molecule has 0 saturated heterocycles. The second-order valence-electron chi connectivity index (χ2n) is 5.20. The lowest BCUT2D eigenvalue weighted by molar-refractivity contribution is -0.384. The number of ether oxygens (including phenoxy) is 1. The molecule has 0 spiro atoms. The molecule has 0 aliphatic carbocycles. The Labute approximate surface area is 159 Å². The molecule has 2 aromatic rings. The Morgan fingerprint density at radius 3 is 2.57 bits per heavy atom. The zero-order chi connectivity index (χ0) is 21.1. The predicted molar refractivity (Wildman–Crippen MR) is 87.9 cm³/mol. The van der Waals surface area contributed by atoms with Gasteiger partial charge in [0.1, 0.15) is 6.20 Å². The molecular formula is C14H11ClF3N5O5.